The lowest BCUT2D eigenvalue weighted by Crippen LogP contribution is -2.06. The zero-order chi connectivity index (χ0) is 35.1. The fourth-order valence-electron chi connectivity index (χ4n) is 9.31. The highest BCUT2D eigenvalue weighted by atomic mass is 32.1. The molecule has 0 bridgehead atoms. The quantitative estimate of drug-likeness (QED) is 0.178. The van der Waals surface area contributed by atoms with Crippen LogP contribution in [0.2, 0.25) is 0 Å². The zero-order valence-electron chi connectivity index (χ0n) is 28.8. The normalized spacial score (nSPS) is 12.7. The molecule has 8 aromatic carbocycles. The van der Waals surface area contributed by atoms with Crippen molar-refractivity contribution < 1.29 is 0 Å². The Morgan fingerprint density at radius 3 is 2.04 bits per heavy atom. The molecule has 54 heavy (non-hydrogen) atoms. The molecule has 5 heteroatoms. The third-order valence-corrected chi connectivity index (χ3v) is 14.0. The van der Waals surface area contributed by atoms with Gasteiger partial charge in [-0.15, -0.1) is 22.7 Å². The Labute approximate surface area is 317 Å². The van der Waals surface area contributed by atoms with E-state index in [4.69, 9.17) is 9.97 Å². The van der Waals surface area contributed by atoms with Crippen LogP contribution in [0.5, 0.6) is 0 Å². The van der Waals surface area contributed by atoms with E-state index >= 15 is 0 Å². The molecule has 13 rings (SSSR count). The van der Waals surface area contributed by atoms with Gasteiger partial charge in [0.2, 0.25) is 0 Å². The molecule has 12 aromatic rings. The SMILES string of the molecule is c1ccc2c(c1)Cc1nc(-n3c4ccccc4c4c5ccccc5c5c(sc6ccc7ccccc7c65)c43)c(-c3cccc4c3sc3ccccc34)nc1-2. The van der Waals surface area contributed by atoms with Gasteiger partial charge in [-0.25, -0.2) is 9.97 Å². The van der Waals surface area contributed by atoms with Crippen LogP contribution in [-0.4, -0.2) is 14.5 Å². The van der Waals surface area contributed by atoms with E-state index in [0.29, 0.717) is 0 Å². The van der Waals surface area contributed by atoms with Crippen molar-refractivity contribution >= 4 is 106 Å². The third kappa shape index (κ3) is 3.75. The second-order valence-corrected chi connectivity index (χ2v) is 16.5. The van der Waals surface area contributed by atoms with Crippen LogP contribution in [0.3, 0.4) is 0 Å². The van der Waals surface area contributed by atoms with Crippen molar-refractivity contribution in [2.45, 2.75) is 6.42 Å². The lowest BCUT2D eigenvalue weighted by Gasteiger charge is -2.16. The van der Waals surface area contributed by atoms with E-state index in [1.54, 1.807) is 0 Å². The standard InChI is InChI=1S/C49H27N3S2/c1-3-14-29-27(12-1)24-25-40-42(29)43-33-18-6-5-17-32(33)41-35-19-7-9-22-38(35)52(46(41)48(43)54-40)49-45(51-44-30-15-4-2-13-28(30)26-37(44)50-49)36-21-11-20-34-31-16-8-10-23-39(31)53-47(34)36/h1-25H,26H2. The maximum atomic E-state index is 5.75. The average Bonchev–Trinajstić information content (AvgIpc) is 3.99. The number of fused-ring (bicyclic) bond motifs is 18. The summed E-state index contributed by atoms with van der Waals surface area (Å²) in [4.78, 5) is 11.5. The number of rotatable bonds is 2. The van der Waals surface area contributed by atoms with E-state index in [-0.39, 0.29) is 0 Å². The fourth-order valence-corrected chi connectivity index (χ4v) is 11.8. The van der Waals surface area contributed by atoms with Crippen LogP contribution in [0.4, 0.5) is 0 Å². The van der Waals surface area contributed by atoms with Gasteiger partial charge in [-0.05, 0) is 45.3 Å². The van der Waals surface area contributed by atoms with Crippen LogP contribution in [0, 0.1) is 0 Å². The van der Waals surface area contributed by atoms with E-state index in [1.807, 2.05) is 22.7 Å². The van der Waals surface area contributed by atoms with Crippen molar-refractivity contribution in [3.05, 3.63) is 163 Å². The predicted octanol–water partition coefficient (Wildman–Crippen LogP) is 13.9. The monoisotopic (exact) mass is 721 g/mol. The summed E-state index contributed by atoms with van der Waals surface area (Å²) < 4.78 is 7.56. The van der Waals surface area contributed by atoms with Crippen molar-refractivity contribution in [1.29, 1.82) is 0 Å². The first kappa shape index (κ1) is 29.1. The highest BCUT2D eigenvalue weighted by Gasteiger charge is 2.29. The van der Waals surface area contributed by atoms with Crippen molar-refractivity contribution in [3.63, 3.8) is 0 Å². The summed E-state index contributed by atoms with van der Waals surface area (Å²) in [5.41, 5.74) is 8.86. The van der Waals surface area contributed by atoms with Crippen molar-refractivity contribution in [1.82, 2.24) is 14.5 Å². The van der Waals surface area contributed by atoms with Gasteiger partial charge in [0.1, 0.15) is 5.69 Å². The van der Waals surface area contributed by atoms with Crippen LogP contribution in [0.25, 0.3) is 112 Å². The summed E-state index contributed by atoms with van der Waals surface area (Å²) >= 11 is 3.75. The second-order valence-electron chi connectivity index (χ2n) is 14.4. The Hall–Kier alpha value is -6.40. The van der Waals surface area contributed by atoms with Gasteiger partial charge in [-0.2, -0.15) is 0 Å². The molecule has 1 aliphatic carbocycles. The first-order valence-electron chi connectivity index (χ1n) is 18.4. The third-order valence-electron chi connectivity index (χ3n) is 11.6. The van der Waals surface area contributed by atoms with E-state index < -0.39 is 0 Å². The molecule has 4 heterocycles. The summed E-state index contributed by atoms with van der Waals surface area (Å²) in [6.07, 6.45) is 0.767. The van der Waals surface area contributed by atoms with Gasteiger partial charge in [0.25, 0.3) is 0 Å². The van der Waals surface area contributed by atoms with E-state index in [9.17, 15) is 0 Å². The summed E-state index contributed by atoms with van der Waals surface area (Å²) in [6.45, 7) is 0. The second kappa shape index (κ2) is 10.6. The van der Waals surface area contributed by atoms with Gasteiger partial charge in [-0.1, -0.05) is 133 Å². The molecule has 0 saturated heterocycles. The molecule has 3 nitrogen and oxygen atoms in total. The maximum absolute atomic E-state index is 5.75. The summed E-state index contributed by atoms with van der Waals surface area (Å²) in [5.74, 6) is 0.886. The van der Waals surface area contributed by atoms with Gasteiger partial charge >= 0.3 is 0 Å². The smallest absolute Gasteiger partial charge is 0.164 e. The zero-order valence-corrected chi connectivity index (χ0v) is 30.4. The molecule has 0 fully saturated rings. The topological polar surface area (TPSA) is 30.7 Å². The van der Waals surface area contributed by atoms with Crippen LogP contribution in [0.15, 0.2) is 152 Å². The number of para-hydroxylation sites is 1. The Kier molecular flexibility index (Phi) is 5.71. The molecule has 0 spiro atoms. The van der Waals surface area contributed by atoms with Gasteiger partial charge in [0.05, 0.1) is 27.1 Å². The first-order valence-corrected chi connectivity index (χ1v) is 20.0. The maximum Gasteiger partial charge on any atom is 0.164 e. The van der Waals surface area contributed by atoms with Crippen LogP contribution >= 0.6 is 22.7 Å². The predicted molar refractivity (Wildman–Crippen MR) is 231 cm³/mol. The van der Waals surface area contributed by atoms with Gasteiger partial charge < -0.3 is 0 Å². The van der Waals surface area contributed by atoms with Crippen molar-refractivity contribution in [2.75, 3.05) is 0 Å². The Morgan fingerprint density at radius 1 is 0.444 bits per heavy atom. The fraction of sp³-hybridized carbons (Fsp3) is 0.0204. The highest BCUT2D eigenvalue weighted by molar-refractivity contribution is 7.27. The highest BCUT2D eigenvalue weighted by Crippen LogP contribution is 2.51. The molecule has 0 saturated carbocycles. The number of hydrogen-bond donors (Lipinski definition) is 0. The van der Waals surface area contributed by atoms with Crippen molar-refractivity contribution in [2.24, 2.45) is 0 Å². The molecule has 250 valence electrons. The Bertz CT molecular complexity index is 3600. The molecule has 0 unspecified atom stereocenters. The molecule has 0 amide bonds. The van der Waals surface area contributed by atoms with Gasteiger partial charge in [-0.3, -0.25) is 4.57 Å². The molecule has 1 aliphatic rings. The molecule has 0 radical (unpaired) electrons. The number of thiophene rings is 2. The lowest BCUT2D eigenvalue weighted by atomic mass is 9.96. The van der Waals surface area contributed by atoms with E-state index in [2.05, 4.69) is 156 Å². The van der Waals surface area contributed by atoms with Gasteiger partial charge in [0, 0.05) is 64.0 Å². The van der Waals surface area contributed by atoms with Crippen LogP contribution < -0.4 is 0 Å². The molecule has 0 atom stereocenters. The average molecular weight is 722 g/mol. The van der Waals surface area contributed by atoms with E-state index in [0.717, 1.165) is 40.4 Å². The van der Waals surface area contributed by atoms with Crippen LogP contribution in [-0.2, 0) is 6.42 Å². The minimum absolute atomic E-state index is 0.767. The van der Waals surface area contributed by atoms with E-state index in [1.165, 1.54) is 89.3 Å². The molecular weight excluding hydrogens is 695 g/mol. The van der Waals surface area contributed by atoms with Crippen LogP contribution in [0.1, 0.15) is 11.3 Å². The molecule has 0 N–H and O–H groups in total. The summed E-state index contributed by atoms with van der Waals surface area (Å²) in [6, 6.07) is 55.4. The Balaban J connectivity index is 1.26. The largest absolute Gasteiger partial charge is 0.290 e. The number of aromatic nitrogens is 3. The minimum atomic E-state index is 0.767. The van der Waals surface area contributed by atoms with Crippen molar-refractivity contribution in [3.8, 4) is 28.3 Å². The van der Waals surface area contributed by atoms with Gasteiger partial charge in [0.15, 0.2) is 5.82 Å². The first-order chi connectivity index (χ1) is 26.8. The number of hydrogen-bond acceptors (Lipinski definition) is 4. The molecule has 0 aliphatic heterocycles. The number of benzene rings is 8. The molecule has 4 aromatic heterocycles. The number of nitrogens with zero attached hydrogens (tertiary/aromatic N) is 3. The molecular formula is C49H27N3S2. The summed E-state index contributed by atoms with van der Waals surface area (Å²) in [7, 11) is 0. The summed E-state index contributed by atoms with van der Waals surface area (Å²) in [5, 5.41) is 12.8. The lowest BCUT2D eigenvalue weighted by molar-refractivity contribution is 1.00. The Morgan fingerprint density at radius 2 is 1.13 bits per heavy atom. The minimum Gasteiger partial charge on any atom is -0.290 e.